The number of methoxy groups -OCH3 is 3. The molecule has 0 bridgehead atoms. The molecule has 2 aromatic carbocycles. The van der Waals surface area contributed by atoms with Gasteiger partial charge in [0.05, 0.1) is 26.8 Å². The SMILES string of the molecule is COc1cccc(C(=O)N2CCN(c3nc(N)c4cc(OC)c(OC)cc4n3)CC2)c1. The molecule has 0 spiro atoms. The lowest BCUT2D eigenvalue weighted by Crippen LogP contribution is -2.49. The number of benzene rings is 2. The Morgan fingerprint density at radius 3 is 2.32 bits per heavy atom. The number of hydrogen-bond acceptors (Lipinski definition) is 8. The van der Waals surface area contributed by atoms with Crippen LogP contribution in [0.4, 0.5) is 11.8 Å². The third-order valence-corrected chi connectivity index (χ3v) is 5.39. The van der Waals surface area contributed by atoms with E-state index in [1.54, 1.807) is 45.6 Å². The molecule has 1 aliphatic heterocycles. The van der Waals surface area contributed by atoms with Crippen molar-refractivity contribution in [1.82, 2.24) is 14.9 Å². The predicted molar refractivity (Wildman–Crippen MR) is 118 cm³/mol. The Balaban J connectivity index is 1.52. The molecule has 162 valence electrons. The quantitative estimate of drug-likeness (QED) is 0.666. The lowest BCUT2D eigenvalue weighted by atomic mass is 10.1. The van der Waals surface area contributed by atoms with Crippen molar-refractivity contribution in [2.24, 2.45) is 0 Å². The topological polar surface area (TPSA) is 103 Å². The van der Waals surface area contributed by atoms with Crippen LogP contribution in [0.3, 0.4) is 0 Å². The van der Waals surface area contributed by atoms with Gasteiger partial charge in [-0.1, -0.05) is 6.07 Å². The van der Waals surface area contributed by atoms with Crippen LogP contribution >= 0.6 is 0 Å². The van der Waals surface area contributed by atoms with Gasteiger partial charge in [0.25, 0.3) is 5.91 Å². The number of carbonyl (C=O) groups is 1. The summed E-state index contributed by atoms with van der Waals surface area (Å²) in [6, 6.07) is 10.8. The number of piperazine rings is 1. The van der Waals surface area contributed by atoms with E-state index >= 15 is 0 Å². The zero-order valence-electron chi connectivity index (χ0n) is 17.8. The molecule has 3 aromatic rings. The van der Waals surface area contributed by atoms with Gasteiger partial charge in [-0.3, -0.25) is 4.79 Å². The Bertz CT molecular complexity index is 1110. The Morgan fingerprint density at radius 2 is 1.65 bits per heavy atom. The first-order valence-electron chi connectivity index (χ1n) is 9.91. The van der Waals surface area contributed by atoms with Gasteiger partial charge in [0.15, 0.2) is 11.5 Å². The lowest BCUT2D eigenvalue weighted by Gasteiger charge is -2.35. The van der Waals surface area contributed by atoms with Crippen LogP contribution in [-0.4, -0.2) is 68.3 Å². The number of aromatic nitrogens is 2. The Labute approximate surface area is 180 Å². The van der Waals surface area contributed by atoms with Crippen molar-refractivity contribution in [3.63, 3.8) is 0 Å². The van der Waals surface area contributed by atoms with Crippen molar-refractivity contribution >= 4 is 28.6 Å². The molecule has 2 heterocycles. The maximum atomic E-state index is 12.8. The minimum atomic E-state index is -0.0191. The standard InChI is InChI=1S/C22H25N5O4/c1-29-15-6-4-5-14(11-15)21(28)26-7-9-27(10-8-26)22-24-17-13-19(31-3)18(30-2)12-16(17)20(23)25-22/h4-6,11-13H,7-10H2,1-3H3,(H2,23,24,25). The number of ether oxygens (including phenoxy) is 3. The van der Waals surface area contributed by atoms with Crippen molar-refractivity contribution in [2.75, 3.05) is 58.1 Å². The highest BCUT2D eigenvalue weighted by Crippen LogP contribution is 2.34. The number of rotatable bonds is 5. The summed E-state index contributed by atoms with van der Waals surface area (Å²) in [7, 11) is 4.73. The van der Waals surface area contributed by atoms with E-state index in [4.69, 9.17) is 19.9 Å². The van der Waals surface area contributed by atoms with Gasteiger partial charge in [-0.15, -0.1) is 0 Å². The Kier molecular flexibility index (Phi) is 5.66. The fourth-order valence-electron chi connectivity index (χ4n) is 3.66. The second-order valence-corrected chi connectivity index (χ2v) is 7.14. The smallest absolute Gasteiger partial charge is 0.254 e. The fraction of sp³-hybridized carbons (Fsp3) is 0.318. The first kappa shape index (κ1) is 20.5. The summed E-state index contributed by atoms with van der Waals surface area (Å²) in [5.41, 5.74) is 7.49. The van der Waals surface area contributed by atoms with Gasteiger partial charge < -0.3 is 29.7 Å². The maximum Gasteiger partial charge on any atom is 0.254 e. The highest BCUT2D eigenvalue weighted by Gasteiger charge is 2.24. The van der Waals surface area contributed by atoms with Crippen LogP contribution in [0.15, 0.2) is 36.4 Å². The highest BCUT2D eigenvalue weighted by atomic mass is 16.5. The second-order valence-electron chi connectivity index (χ2n) is 7.14. The van der Waals surface area contributed by atoms with Gasteiger partial charge in [0.1, 0.15) is 11.6 Å². The summed E-state index contributed by atoms with van der Waals surface area (Å²) in [5.74, 6) is 2.70. The molecule has 31 heavy (non-hydrogen) atoms. The number of fused-ring (bicyclic) bond motifs is 1. The molecule has 0 radical (unpaired) electrons. The molecule has 9 heteroatoms. The van der Waals surface area contributed by atoms with E-state index < -0.39 is 0 Å². The van der Waals surface area contributed by atoms with Crippen LogP contribution in [0.5, 0.6) is 17.2 Å². The van der Waals surface area contributed by atoms with E-state index in [-0.39, 0.29) is 5.91 Å². The second kappa shape index (κ2) is 8.55. The molecule has 0 unspecified atom stereocenters. The molecule has 4 rings (SSSR count). The van der Waals surface area contributed by atoms with Gasteiger partial charge in [-0.05, 0) is 24.3 Å². The van der Waals surface area contributed by atoms with Crippen molar-refractivity contribution in [3.05, 3.63) is 42.0 Å². The third-order valence-electron chi connectivity index (χ3n) is 5.39. The van der Waals surface area contributed by atoms with Gasteiger partial charge >= 0.3 is 0 Å². The van der Waals surface area contributed by atoms with Gasteiger partial charge in [0, 0.05) is 43.2 Å². The summed E-state index contributed by atoms with van der Waals surface area (Å²) >= 11 is 0. The monoisotopic (exact) mass is 423 g/mol. The first-order valence-corrected chi connectivity index (χ1v) is 9.91. The minimum absolute atomic E-state index is 0.0191. The van der Waals surface area contributed by atoms with Gasteiger partial charge in [0.2, 0.25) is 5.95 Å². The Hall–Kier alpha value is -3.75. The first-order chi connectivity index (χ1) is 15.0. The van der Waals surface area contributed by atoms with Crippen molar-refractivity contribution in [1.29, 1.82) is 0 Å². The van der Waals surface area contributed by atoms with Crippen LogP contribution < -0.4 is 24.8 Å². The molecule has 0 aliphatic carbocycles. The lowest BCUT2D eigenvalue weighted by molar-refractivity contribution is 0.0746. The van der Waals surface area contributed by atoms with E-state index in [1.165, 1.54) is 0 Å². The summed E-state index contributed by atoms with van der Waals surface area (Å²) in [4.78, 5) is 25.9. The van der Waals surface area contributed by atoms with Gasteiger partial charge in [-0.2, -0.15) is 4.98 Å². The van der Waals surface area contributed by atoms with E-state index in [2.05, 4.69) is 9.97 Å². The molecular formula is C22H25N5O4. The molecule has 0 saturated carbocycles. The molecular weight excluding hydrogens is 398 g/mol. The van der Waals surface area contributed by atoms with Crippen LogP contribution in [-0.2, 0) is 0 Å². The zero-order valence-corrected chi connectivity index (χ0v) is 17.8. The normalized spacial score (nSPS) is 13.9. The summed E-state index contributed by atoms with van der Waals surface area (Å²) in [6.45, 7) is 2.33. The van der Waals surface area contributed by atoms with Crippen molar-refractivity contribution in [2.45, 2.75) is 0 Å². The number of nitrogens with two attached hydrogens (primary N) is 1. The van der Waals surface area contributed by atoms with Crippen LogP contribution in [0, 0.1) is 0 Å². The summed E-state index contributed by atoms with van der Waals surface area (Å²) < 4.78 is 15.9. The van der Waals surface area contributed by atoms with E-state index in [0.717, 1.165) is 0 Å². The third kappa shape index (κ3) is 3.98. The van der Waals surface area contributed by atoms with Crippen LogP contribution in [0.1, 0.15) is 10.4 Å². The number of amides is 1. The molecule has 0 atom stereocenters. The van der Waals surface area contributed by atoms with Crippen LogP contribution in [0.2, 0.25) is 0 Å². The fourth-order valence-corrected chi connectivity index (χ4v) is 3.66. The number of hydrogen-bond donors (Lipinski definition) is 1. The summed E-state index contributed by atoms with van der Waals surface area (Å²) in [5, 5.41) is 0.702. The zero-order chi connectivity index (χ0) is 22.0. The Morgan fingerprint density at radius 1 is 0.935 bits per heavy atom. The summed E-state index contributed by atoms with van der Waals surface area (Å²) in [6.07, 6.45) is 0. The minimum Gasteiger partial charge on any atom is -0.497 e. The molecule has 1 saturated heterocycles. The average molecular weight is 423 g/mol. The van der Waals surface area contributed by atoms with Crippen LogP contribution in [0.25, 0.3) is 10.9 Å². The molecule has 9 nitrogen and oxygen atoms in total. The van der Waals surface area contributed by atoms with Crippen molar-refractivity contribution in [3.8, 4) is 17.2 Å². The number of anilines is 2. The predicted octanol–water partition coefficient (Wildman–Crippen LogP) is 2.20. The number of carbonyl (C=O) groups excluding carboxylic acids is 1. The number of nitrogens with zero attached hydrogens (tertiary/aromatic N) is 4. The number of nitrogen functional groups attached to an aromatic ring is 1. The van der Waals surface area contributed by atoms with Gasteiger partial charge in [-0.25, -0.2) is 4.98 Å². The highest BCUT2D eigenvalue weighted by molar-refractivity contribution is 5.95. The molecule has 1 fully saturated rings. The van der Waals surface area contributed by atoms with E-state index in [1.807, 2.05) is 21.9 Å². The van der Waals surface area contributed by atoms with E-state index in [9.17, 15) is 4.79 Å². The van der Waals surface area contributed by atoms with Crippen molar-refractivity contribution < 1.29 is 19.0 Å². The molecule has 1 aromatic heterocycles. The average Bonchev–Trinajstić information content (AvgIpc) is 2.82. The molecule has 1 aliphatic rings. The molecule has 2 N–H and O–H groups in total. The largest absolute Gasteiger partial charge is 0.497 e. The maximum absolute atomic E-state index is 12.8. The van der Waals surface area contributed by atoms with E-state index in [0.29, 0.717) is 71.7 Å². The molecule has 1 amide bonds.